The number of aliphatic carboxylic acids is 1. The molecule has 1 unspecified atom stereocenters. The maximum absolute atomic E-state index is 14.6. The molecule has 0 aliphatic heterocycles. The number of carbonyl (C=O) groups excluding carboxylic acids is 1. The molecule has 1 saturated carbocycles. The molecule has 0 radical (unpaired) electrons. The molecule has 286 valence electrons. The van der Waals surface area contributed by atoms with Crippen LogP contribution in [-0.2, 0) is 18.4 Å². The van der Waals surface area contributed by atoms with Crippen molar-refractivity contribution in [1.29, 1.82) is 0 Å². The average Bonchev–Trinajstić information content (AvgIpc) is 3.71. The van der Waals surface area contributed by atoms with Crippen molar-refractivity contribution >= 4 is 34.5 Å². The smallest absolute Gasteiger partial charge is 0.305 e. The summed E-state index contributed by atoms with van der Waals surface area (Å²) in [5.41, 5.74) is 1.94. The number of rotatable bonds is 19. The van der Waals surface area contributed by atoms with E-state index in [-0.39, 0.29) is 34.3 Å². The van der Waals surface area contributed by atoms with Gasteiger partial charge in [0.1, 0.15) is 5.78 Å². The maximum Gasteiger partial charge on any atom is 0.305 e. The summed E-state index contributed by atoms with van der Waals surface area (Å²) in [6.07, 6.45) is 7.17. The zero-order valence-corrected chi connectivity index (χ0v) is 36.6. The fourth-order valence-electron chi connectivity index (χ4n) is 6.44. The van der Waals surface area contributed by atoms with Crippen LogP contribution >= 0.6 is 0 Å². The summed E-state index contributed by atoms with van der Waals surface area (Å²) >= 11 is 0. The van der Waals surface area contributed by atoms with Crippen LogP contribution in [-0.4, -0.2) is 61.9 Å². The minimum Gasteiger partial charge on any atom is -0.481 e. The van der Waals surface area contributed by atoms with Gasteiger partial charge >= 0.3 is 5.97 Å². The lowest BCUT2D eigenvalue weighted by atomic mass is 9.73. The van der Waals surface area contributed by atoms with Crippen LogP contribution in [0.25, 0.3) is 6.08 Å². The van der Waals surface area contributed by atoms with E-state index in [2.05, 4.69) is 79.6 Å². The highest BCUT2D eigenvalue weighted by molar-refractivity contribution is 6.74. The van der Waals surface area contributed by atoms with E-state index < -0.39 is 46.1 Å². The van der Waals surface area contributed by atoms with Gasteiger partial charge in [-0.2, -0.15) is 0 Å². The highest BCUT2D eigenvalue weighted by atomic mass is 28.4. The van der Waals surface area contributed by atoms with Crippen LogP contribution in [0.1, 0.15) is 126 Å². The number of hydrogen-bond donors (Lipinski definition) is 2. The van der Waals surface area contributed by atoms with E-state index in [0.717, 1.165) is 48.9 Å². The van der Waals surface area contributed by atoms with Crippen molar-refractivity contribution in [3.63, 3.8) is 0 Å². The van der Waals surface area contributed by atoms with Crippen molar-refractivity contribution in [1.82, 2.24) is 4.98 Å². The first kappa shape index (κ1) is 44.5. The Morgan fingerprint density at radius 3 is 2.02 bits per heavy atom. The van der Waals surface area contributed by atoms with Gasteiger partial charge in [0.15, 0.2) is 16.6 Å². The Labute approximate surface area is 307 Å². The van der Waals surface area contributed by atoms with Crippen molar-refractivity contribution in [2.45, 2.75) is 176 Å². The molecule has 1 fully saturated rings. The molecule has 0 amide bonds. The molecule has 1 aromatic heterocycles. The Morgan fingerprint density at radius 2 is 1.52 bits per heavy atom. The summed E-state index contributed by atoms with van der Waals surface area (Å²) in [5.74, 6) is -0.0712. The van der Waals surface area contributed by atoms with Gasteiger partial charge in [-0.3, -0.25) is 14.6 Å². The lowest BCUT2D eigenvalue weighted by molar-refractivity contribution is -0.146. The molecule has 0 saturated heterocycles. The van der Waals surface area contributed by atoms with E-state index >= 15 is 0 Å². The van der Waals surface area contributed by atoms with E-state index in [9.17, 15) is 19.8 Å². The van der Waals surface area contributed by atoms with E-state index in [0.29, 0.717) is 11.8 Å². The highest BCUT2D eigenvalue weighted by Gasteiger charge is 2.50. The van der Waals surface area contributed by atoms with Crippen molar-refractivity contribution in [2.24, 2.45) is 29.1 Å². The first-order valence-electron chi connectivity index (χ1n) is 19.0. The lowest BCUT2D eigenvalue weighted by Gasteiger charge is -2.46. The minimum absolute atomic E-state index is 0.0125. The quantitative estimate of drug-likeness (QED) is 0.136. The number of aromatic nitrogens is 1. The molecule has 0 aromatic carbocycles. The molecule has 7 nitrogen and oxygen atoms in total. The zero-order chi connectivity index (χ0) is 38.6. The van der Waals surface area contributed by atoms with Gasteiger partial charge in [0.25, 0.3) is 0 Å². The van der Waals surface area contributed by atoms with E-state index in [1.165, 1.54) is 0 Å². The van der Waals surface area contributed by atoms with Crippen LogP contribution in [0.5, 0.6) is 0 Å². The molecule has 1 heterocycles. The van der Waals surface area contributed by atoms with Crippen LogP contribution in [0.3, 0.4) is 0 Å². The summed E-state index contributed by atoms with van der Waals surface area (Å²) in [5, 5.41) is 20.7. The van der Waals surface area contributed by atoms with Crippen LogP contribution in [0, 0.1) is 36.0 Å². The minimum atomic E-state index is -2.36. The third-order valence-corrected chi connectivity index (χ3v) is 21.4. The van der Waals surface area contributed by atoms with E-state index in [4.69, 9.17) is 8.85 Å². The van der Waals surface area contributed by atoms with Crippen LogP contribution in [0.15, 0.2) is 23.9 Å². The van der Waals surface area contributed by atoms with Gasteiger partial charge in [-0.05, 0) is 110 Å². The number of pyridine rings is 1. The number of hydrogen-bond acceptors (Lipinski definition) is 6. The SMILES string of the molecule is C/C(=C\c1ccc(C)cn1)C(O)C[C@@H]1C[C@@H]1CCC[C@H](C)[C@H](O[Si](C)(C)C(C)(C)C)[C@@H](C)C(=O)C(C)(C)[C@H](CC(=O)O)O[Si](C)(C)C(C)(C)C. The molecular weight excluding hydrogens is 659 g/mol. The molecule has 1 aliphatic carbocycles. The number of carboxylic acid groups (broad SMARTS) is 1. The molecule has 9 heteroatoms. The summed E-state index contributed by atoms with van der Waals surface area (Å²) in [6.45, 7) is 33.7. The fraction of sp³-hybridized carbons (Fsp3) is 0.780. The Kier molecular flexibility index (Phi) is 15.1. The number of Topliss-reactive ketones (excluding diaryl/α,β-unsaturated/α-hetero) is 1. The number of aliphatic hydroxyl groups is 1. The number of ketones is 1. The van der Waals surface area contributed by atoms with E-state index in [1.807, 2.05) is 59.0 Å². The molecule has 1 aliphatic rings. The number of carboxylic acids is 1. The second-order valence-corrected chi connectivity index (χ2v) is 28.8. The summed E-state index contributed by atoms with van der Waals surface area (Å²) in [6, 6.07) is 4.03. The van der Waals surface area contributed by atoms with Crippen molar-refractivity contribution in [3.05, 3.63) is 35.2 Å². The largest absolute Gasteiger partial charge is 0.481 e. The fourth-order valence-corrected chi connectivity index (χ4v) is 9.36. The third kappa shape index (κ3) is 12.2. The number of carbonyl (C=O) groups is 2. The van der Waals surface area contributed by atoms with Gasteiger partial charge in [0.05, 0.1) is 30.4 Å². The molecule has 2 N–H and O–H groups in total. The molecule has 7 atom stereocenters. The third-order valence-electron chi connectivity index (χ3n) is 12.4. The Balaban J connectivity index is 2.17. The van der Waals surface area contributed by atoms with Gasteiger partial charge < -0.3 is 19.1 Å². The summed E-state index contributed by atoms with van der Waals surface area (Å²) in [4.78, 5) is 31.1. The second kappa shape index (κ2) is 17.0. The first-order valence-corrected chi connectivity index (χ1v) is 24.8. The molecular formula is C41H73NO6Si2. The van der Waals surface area contributed by atoms with Gasteiger partial charge in [0, 0.05) is 17.5 Å². The summed E-state index contributed by atoms with van der Waals surface area (Å²) in [7, 11) is -4.61. The predicted molar refractivity (Wildman–Crippen MR) is 212 cm³/mol. The van der Waals surface area contributed by atoms with Crippen LogP contribution < -0.4 is 0 Å². The van der Waals surface area contributed by atoms with Crippen LogP contribution in [0.2, 0.25) is 36.3 Å². The standard InChI is InChI=1S/C41H73NO6Si2/c1-27-20-21-33(42-26-27)22-29(3)34(43)24-32-23-31(32)19-17-18-28(2)37(48-50(15,16)40(8,9)10)30(4)38(46)41(11,12)35(25-36(44)45)47-49(13,14)39(5,6)7/h20-22,26,28,30-32,34-35,37,43H,17-19,23-25H2,1-16H3,(H,44,45)/b29-22+/t28-,30+,31-,32-,34?,35-,37-/m0/s1. The maximum atomic E-state index is 14.6. The number of nitrogens with zero attached hydrogens (tertiary/aromatic N) is 1. The van der Waals surface area contributed by atoms with Crippen molar-refractivity contribution in [2.75, 3.05) is 0 Å². The lowest BCUT2D eigenvalue weighted by Crippen LogP contribution is -2.54. The van der Waals surface area contributed by atoms with Crippen molar-refractivity contribution < 1.29 is 28.7 Å². The highest BCUT2D eigenvalue weighted by Crippen LogP contribution is 2.47. The van der Waals surface area contributed by atoms with Gasteiger partial charge in [-0.15, -0.1) is 0 Å². The Hall–Kier alpha value is -1.66. The van der Waals surface area contributed by atoms with E-state index in [1.54, 1.807) is 0 Å². The van der Waals surface area contributed by atoms with Gasteiger partial charge in [0.2, 0.25) is 0 Å². The molecule has 1 aromatic rings. The monoisotopic (exact) mass is 731 g/mol. The first-order chi connectivity index (χ1) is 22.6. The zero-order valence-electron chi connectivity index (χ0n) is 34.6. The Bertz CT molecular complexity index is 1310. The normalized spacial score (nSPS) is 20.9. The van der Waals surface area contributed by atoms with Gasteiger partial charge in [-0.25, -0.2) is 0 Å². The Morgan fingerprint density at radius 1 is 0.960 bits per heavy atom. The molecule has 50 heavy (non-hydrogen) atoms. The molecule has 0 bridgehead atoms. The second-order valence-electron chi connectivity index (χ2n) is 19.2. The predicted octanol–water partition coefficient (Wildman–Crippen LogP) is 10.5. The van der Waals surface area contributed by atoms with Crippen LogP contribution in [0.4, 0.5) is 0 Å². The average molecular weight is 732 g/mol. The molecule has 2 rings (SSSR count). The molecule has 0 spiro atoms. The van der Waals surface area contributed by atoms with Gasteiger partial charge in [-0.1, -0.05) is 88.1 Å². The number of aliphatic hydroxyl groups excluding tert-OH is 1. The van der Waals surface area contributed by atoms with Crippen molar-refractivity contribution in [3.8, 4) is 0 Å². The topological polar surface area (TPSA) is 106 Å². The summed E-state index contributed by atoms with van der Waals surface area (Å²) < 4.78 is 13.8. The number of aryl methyl sites for hydroxylation is 1.